The van der Waals surface area contributed by atoms with Crippen LogP contribution < -0.4 is 0 Å². The number of rotatable bonds is 1. The first-order valence-electron chi connectivity index (χ1n) is 3.21. The molecule has 5 nitrogen and oxygen atoms in total. The Hall–Kier alpha value is -1.40. The second-order valence-corrected chi connectivity index (χ2v) is 2.13. The molecule has 0 aromatic heterocycles. The smallest absolute Gasteiger partial charge is 0.430 e. The van der Waals surface area contributed by atoms with Crippen LogP contribution in [0.5, 0.6) is 0 Å². The largest absolute Gasteiger partial charge is 0.432 e. The normalized spacial score (nSPS) is 9.50. The molecule has 0 atom stereocenters. The summed E-state index contributed by atoms with van der Waals surface area (Å²) in [6.07, 6.45) is 0. The highest BCUT2D eigenvalue weighted by molar-refractivity contribution is 6.13. The first kappa shape index (κ1) is 8.70. The van der Waals surface area contributed by atoms with E-state index in [4.69, 9.17) is 10.0 Å². The third-order valence-corrected chi connectivity index (χ3v) is 1.51. The molecule has 2 N–H and O–H groups in total. The first-order valence-corrected chi connectivity index (χ1v) is 3.21. The zero-order chi connectivity index (χ0) is 9.14. The van der Waals surface area contributed by atoms with Gasteiger partial charge >= 0.3 is 7.69 Å². The van der Waals surface area contributed by atoms with Crippen LogP contribution in [0.2, 0.25) is 0 Å². The molecule has 0 spiro atoms. The van der Waals surface area contributed by atoms with Crippen molar-refractivity contribution >= 4 is 13.4 Å². The van der Waals surface area contributed by atoms with Crippen LogP contribution in [0.15, 0.2) is 18.2 Å². The van der Waals surface area contributed by atoms with Gasteiger partial charge in [-0.3, -0.25) is 10.1 Å². The maximum Gasteiger partial charge on any atom is 0.432 e. The minimum Gasteiger partial charge on any atom is -0.430 e. The maximum absolute atomic E-state index is 10.0. The summed E-state index contributed by atoms with van der Waals surface area (Å²) >= 11 is 0. The van der Waals surface area contributed by atoms with Gasteiger partial charge in [-0.15, -0.1) is 0 Å². The monoisotopic (exact) mass is 167 g/mol. The van der Waals surface area contributed by atoms with Crippen LogP contribution >= 0.6 is 0 Å². The van der Waals surface area contributed by atoms with E-state index in [1.54, 1.807) is 12.1 Å². The predicted molar refractivity (Wildman–Crippen MR) is 43.7 cm³/mol. The molecule has 62 valence electrons. The molecule has 12 heavy (non-hydrogen) atoms. The van der Waals surface area contributed by atoms with Crippen LogP contribution in [0.25, 0.3) is 11.1 Å². The molecule has 0 radical (unpaired) electrons. The van der Waals surface area contributed by atoms with Gasteiger partial charge in [0.2, 0.25) is 0 Å². The van der Waals surface area contributed by atoms with Gasteiger partial charge in [-0.05, 0) is 11.6 Å². The highest BCUT2D eigenvalue weighted by Crippen LogP contribution is 2.41. The summed E-state index contributed by atoms with van der Waals surface area (Å²) in [5.41, 5.74) is 2.08. The Morgan fingerprint density at radius 2 is 2.00 bits per heavy atom. The van der Waals surface area contributed by atoms with Crippen molar-refractivity contribution in [1.82, 2.24) is 0 Å². The van der Waals surface area contributed by atoms with E-state index in [0.29, 0.717) is 0 Å². The molecule has 0 heterocycles. The van der Waals surface area contributed by atoms with Crippen LogP contribution in [0.1, 0.15) is 0 Å². The van der Waals surface area contributed by atoms with Crippen molar-refractivity contribution in [2.24, 2.45) is 0 Å². The lowest BCUT2D eigenvalue weighted by atomic mass is 9.91. The topological polar surface area (TPSA) is 83.6 Å². The lowest BCUT2D eigenvalue weighted by molar-refractivity contribution is -0.385. The van der Waals surface area contributed by atoms with Gasteiger partial charge in [-0.1, -0.05) is 6.07 Å². The first-order chi connectivity index (χ1) is 5.70. The summed E-state index contributed by atoms with van der Waals surface area (Å²) in [5, 5.41) is 24.3. The molecule has 0 saturated heterocycles. The molecule has 0 aromatic carbocycles. The third kappa shape index (κ3) is 1.29. The summed E-state index contributed by atoms with van der Waals surface area (Å²) in [5.74, 6) is 0. The predicted octanol–water partition coefficient (Wildman–Crippen LogP) is -0.187. The van der Waals surface area contributed by atoms with Gasteiger partial charge in [0.25, 0.3) is 5.69 Å². The van der Waals surface area contributed by atoms with E-state index in [1.807, 2.05) is 6.07 Å². The van der Waals surface area contributed by atoms with Gasteiger partial charge < -0.3 is 10.0 Å². The van der Waals surface area contributed by atoms with Crippen LogP contribution in [-0.4, -0.2) is 22.7 Å². The fourth-order valence-corrected chi connectivity index (χ4v) is 0.920. The summed E-state index contributed by atoms with van der Waals surface area (Å²) < 4.78 is 0. The average Bonchev–Trinajstić information content (AvgIpc) is 1.96. The zero-order valence-electron chi connectivity index (χ0n) is 6.10. The molecule has 0 amide bonds. The van der Waals surface area contributed by atoms with E-state index in [2.05, 4.69) is 0 Å². The van der Waals surface area contributed by atoms with Crippen molar-refractivity contribution in [3.63, 3.8) is 0 Å². The Labute approximate surface area is 68.7 Å². The van der Waals surface area contributed by atoms with Crippen LogP contribution in [0, 0.1) is 10.1 Å². The van der Waals surface area contributed by atoms with Gasteiger partial charge in [0.05, 0.1) is 10.5 Å². The maximum atomic E-state index is 10.0. The SMILES string of the molecule is O=[N+]([O-])c1cc2ccc1-2.OBO. The second kappa shape index (κ2) is 3.33. The van der Waals surface area contributed by atoms with E-state index in [-0.39, 0.29) is 10.6 Å². The molecule has 6 heteroatoms. The number of nitro benzene ring substituents is 1. The summed E-state index contributed by atoms with van der Waals surface area (Å²) in [4.78, 5) is 9.68. The van der Waals surface area contributed by atoms with Crippen LogP contribution in [0.3, 0.4) is 0 Å². The Morgan fingerprint density at radius 3 is 2.08 bits per heavy atom. The molecule has 2 rings (SSSR count). The van der Waals surface area contributed by atoms with E-state index in [1.165, 1.54) is 0 Å². The number of benzene rings is 1. The molecule has 2 aliphatic carbocycles. The second-order valence-electron chi connectivity index (χ2n) is 2.13. The van der Waals surface area contributed by atoms with Crippen molar-refractivity contribution in [1.29, 1.82) is 0 Å². The van der Waals surface area contributed by atoms with Gasteiger partial charge in [-0.2, -0.15) is 0 Å². The molecule has 2 aliphatic rings. The minimum absolute atomic E-state index is 0.257. The molecule has 0 aliphatic heterocycles. The number of fused-ring (bicyclic) bond motifs is 1. The molecule has 0 aromatic rings. The van der Waals surface area contributed by atoms with E-state index < -0.39 is 7.69 Å². The average molecular weight is 167 g/mol. The number of hydrogen-bond donors (Lipinski definition) is 2. The summed E-state index contributed by atoms with van der Waals surface area (Å²) in [7, 11) is -0.750. The van der Waals surface area contributed by atoms with Crippen LogP contribution in [-0.2, 0) is 0 Å². The minimum atomic E-state index is -0.750. The molecular formula is C6H6BNO4. The Morgan fingerprint density at radius 1 is 1.42 bits per heavy atom. The Bertz CT molecular complexity index is 314. The lowest BCUT2D eigenvalue weighted by Crippen LogP contribution is -1.99. The lowest BCUT2D eigenvalue weighted by Gasteiger charge is -2.12. The number of hydrogen-bond acceptors (Lipinski definition) is 4. The van der Waals surface area contributed by atoms with Gasteiger partial charge in [0.1, 0.15) is 0 Å². The molecule has 0 bridgehead atoms. The highest BCUT2D eigenvalue weighted by atomic mass is 16.6. The number of nitro groups is 1. The third-order valence-electron chi connectivity index (χ3n) is 1.51. The van der Waals surface area contributed by atoms with Crippen molar-refractivity contribution in [2.45, 2.75) is 0 Å². The summed E-state index contributed by atoms with van der Waals surface area (Å²) in [6, 6.07) is 5.20. The van der Waals surface area contributed by atoms with Crippen molar-refractivity contribution in [2.75, 3.05) is 0 Å². The highest BCUT2D eigenvalue weighted by Gasteiger charge is 2.25. The van der Waals surface area contributed by atoms with E-state index in [0.717, 1.165) is 11.1 Å². The fraction of sp³-hybridized carbons (Fsp3) is 0. The fourth-order valence-electron chi connectivity index (χ4n) is 0.920. The molecular weight excluding hydrogens is 161 g/mol. The van der Waals surface area contributed by atoms with Gasteiger partial charge in [-0.25, -0.2) is 0 Å². The Kier molecular flexibility index (Phi) is 2.42. The van der Waals surface area contributed by atoms with Crippen molar-refractivity contribution in [3.8, 4) is 11.1 Å². The van der Waals surface area contributed by atoms with Crippen molar-refractivity contribution in [3.05, 3.63) is 28.3 Å². The molecule has 0 unspecified atom stereocenters. The molecule has 0 saturated carbocycles. The van der Waals surface area contributed by atoms with Crippen LogP contribution in [0.4, 0.5) is 5.69 Å². The molecule has 0 fully saturated rings. The van der Waals surface area contributed by atoms with Gasteiger partial charge in [0, 0.05) is 6.07 Å². The van der Waals surface area contributed by atoms with Crippen molar-refractivity contribution < 1.29 is 15.0 Å². The Balaban J connectivity index is 0.000000213. The standard InChI is InChI=1S/C6H3NO2.BH3O2/c8-7(9)6-3-4-1-2-5(4)6;2-1-3/h1-3H;1-3H. The quantitative estimate of drug-likeness (QED) is 0.350. The zero-order valence-corrected chi connectivity index (χ0v) is 6.10. The number of nitrogens with zero attached hydrogens (tertiary/aromatic N) is 1. The van der Waals surface area contributed by atoms with Gasteiger partial charge in [0.15, 0.2) is 0 Å². The summed E-state index contributed by atoms with van der Waals surface area (Å²) in [6.45, 7) is 0. The van der Waals surface area contributed by atoms with E-state index >= 15 is 0 Å². The van der Waals surface area contributed by atoms with E-state index in [9.17, 15) is 10.1 Å².